The molecule has 0 aromatic heterocycles. The van der Waals surface area contributed by atoms with Gasteiger partial charge in [-0.25, -0.2) is 4.31 Å². The van der Waals surface area contributed by atoms with Crippen LogP contribution < -0.4 is 0 Å². The normalized spacial score (nSPS) is 12.7. The zero-order valence-electron chi connectivity index (χ0n) is 4.90. The van der Waals surface area contributed by atoms with Crippen LogP contribution >= 0.6 is 21.8 Å². The highest BCUT2D eigenvalue weighted by atomic mass is 33.1. The van der Waals surface area contributed by atoms with Gasteiger partial charge in [0.2, 0.25) is 0 Å². The van der Waals surface area contributed by atoms with Crippen LogP contribution in [0, 0.1) is 0 Å². The van der Waals surface area contributed by atoms with Gasteiger partial charge >= 0.3 is 5.51 Å². The largest absolute Gasteiger partial charge is 0.453 e. The van der Waals surface area contributed by atoms with Crippen LogP contribution in [0.15, 0.2) is 0 Å². The maximum absolute atomic E-state index is 11.3. The van der Waals surface area contributed by atoms with Gasteiger partial charge in [0.1, 0.15) is 0 Å². The summed E-state index contributed by atoms with van der Waals surface area (Å²) >= 11 is 0. The standard InChI is InChI=1S/C3H6F3NS2/c1-7(2)9-8-3(4,5)6/h1-2H3. The van der Waals surface area contributed by atoms with Crippen LogP contribution in [0.2, 0.25) is 0 Å². The van der Waals surface area contributed by atoms with Crippen molar-refractivity contribution in [3.63, 3.8) is 0 Å². The molecule has 0 spiro atoms. The Hall–Kier alpha value is 0.450. The van der Waals surface area contributed by atoms with E-state index in [9.17, 15) is 13.2 Å². The average Bonchev–Trinajstić information content (AvgIpc) is 1.59. The Morgan fingerprint density at radius 2 is 1.67 bits per heavy atom. The number of hydrogen-bond donors (Lipinski definition) is 0. The molecule has 0 unspecified atom stereocenters. The van der Waals surface area contributed by atoms with Crippen molar-refractivity contribution in [1.29, 1.82) is 0 Å². The molecular weight excluding hydrogens is 171 g/mol. The Morgan fingerprint density at radius 3 is 1.78 bits per heavy atom. The molecule has 1 nitrogen and oxygen atoms in total. The predicted octanol–water partition coefficient (Wildman–Crippen LogP) is 2.36. The third kappa shape index (κ3) is 8.45. The Balaban J connectivity index is 3.28. The predicted molar refractivity (Wildman–Crippen MR) is 34.9 cm³/mol. The summed E-state index contributed by atoms with van der Waals surface area (Å²) in [5.74, 6) is 0. The highest BCUT2D eigenvalue weighted by Crippen LogP contribution is 2.40. The molecule has 0 saturated heterocycles. The van der Waals surface area contributed by atoms with E-state index >= 15 is 0 Å². The molecule has 0 saturated carbocycles. The van der Waals surface area contributed by atoms with E-state index in [-0.39, 0.29) is 10.8 Å². The number of rotatable bonds is 2. The van der Waals surface area contributed by atoms with Crippen molar-refractivity contribution in [2.75, 3.05) is 14.1 Å². The zero-order chi connectivity index (χ0) is 7.49. The summed E-state index contributed by atoms with van der Waals surface area (Å²) in [5.41, 5.74) is -4.13. The van der Waals surface area contributed by atoms with E-state index in [0.29, 0.717) is 11.0 Å². The van der Waals surface area contributed by atoms with Crippen molar-refractivity contribution in [3.05, 3.63) is 0 Å². The van der Waals surface area contributed by atoms with Gasteiger partial charge in [-0.1, -0.05) is 0 Å². The van der Waals surface area contributed by atoms with Crippen molar-refractivity contribution in [2.45, 2.75) is 5.51 Å². The number of hydrogen-bond acceptors (Lipinski definition) is 3. The van der Waals surface area contributed by atoms with Gasteiger partial charge in [0, 0.05) is 10.8 Å². The fourth-order valence-corrected chi connectivity index (χ4v) is 1.05. The fraction of sp³-hybridized carbons (Fsp3) is 1.00. The maximum atomic E-state index is 11.3. The maximum Gasteiger partial charge on any atom is 0.453 e. The second kappa shape index (κ2) is 3.58. The van der Waals surface area contributed by atoms with Crippen LogP contribution in [-0.2, 0) is 0 Å². The molecule has 0 amide bonds. The first-order valence-electron chi connectivity index (χ1n) is 2.01. The summed E-state index contributed by atoms with van der Waals surface area (Å²) in [6.07, 6.45) is 0. The van der Waals surface area contributed by atoms with Gasteiger partial charge in [-0.2, -0.15) is 13.2 Å². The Kier molecular flexibility index (Phi) is 3.76. The van der Waals surface area contributed by atoms with Crippen LogP contribution in [0.3, 0.4) is 0 Å². The molecule has 6 heteroatoms. The fourth-order valence-electron chi connectivity index (χ4n) is 0.117. The lowest BCUT2D eigenvalue weighted by Crippen LogP contribution is -2.02. The van der Waals surface area contributed by atoms with Gasteiger partial charge in [-0.15, -0.1) is 0 Å². The first-order valence-corrected chi connectivity index (χ1v) is 4.12. The Labute approximate surface area is 59.5 Å². The van der Waals surface area contributed by atoms with Gasteiger partial charge in [0.05, 0.1) is 0 Å². The SMILES string of the molecule is CN(C)SSC(F)(F)F. The van der Waals surface area contributed by atoms with Gasteiger partial charge in [0.15, 0.2) is 0 Å². The highest BCUT2D eigenvalue weighted by molar-refractivity contribution is 8.76. The molecule has 0 bridgehead atoms. The summed E-state index contributed by atoms with van der Waals surface area (Å²) in [6, 6.07) is 0. The Bertz CT molecular complexity index is 81.6. The molecule has 0 aliphatic carbocycles. The minimum atomic E-state index is -4.13. The van der Waals surface area contributed by atoms with Crippen LogP contribution in [0.25, 0.3) is 0 Å². The summed E-state index contributed by atoms with van der Waals surface area (Å²) in [7, 11) is 3.67. The van der Waals surface area contributed by atoms with E-state index in [1.165, 1.54) is 4.31 Å². The van der Waals surface area contributed by atoms with E-state index < -0.39 is 5.51 Å². The molecular formula is C3H6F3NS2. The summed E-state index contributed by atoms with van der Waals surface area (Å²) in [6.45, 7) is 0. The molecule has 0 aliphatic heterocycles. The topological polar surface area (TPSA) is 3.24 Å². The van der Waals surface area contributed by atoms with Crippen LogP contribution in [0.1, 0.15) is 0 Å². The number of nitrogens with zero attached hydrogens (tertiary/aromatic N) is 1. The highest BCUT2D eigenvalue weighted by Gasteiger charge is 2.29. The van der Waals surface area contributed by atoms with Gasteiger partial charge in [0.25, 0.3) is 0 Å². The van der Waals surface area contributed by atoms with Crippen molar-refractivity contribution in [2.24, 2.45) is 0 Å². The molecule has 0 atom stereocenters. The van der Waals surface area contributed by atoms with E-state index in [1.54, 1.807) is 14.1 Å². The number of alkyl halides is 3. The van der Waals surface area contributed by atoms with Crippen molar-refractivity contribution >= 4 is 21.8 Å². The molecule has 0 fully saturated rings. The van der Waals surface area contributed by atoms with Crippen molar-refractivity contribution < 1.29 is 13.2 Å². The van der Waals surface area contributed by atoms with Crippen LogP contribution in [-0.4, -0.2) is 23.9 Å². The third-order valence-corrected chi connectivity index (χ3v) is 2.53. The van der Waals surface area contributed by atoms with E-state index in [0.717, 1.165) is 0 Å². The van der Waals surface area contributed by atoms with Gasteiger partial charge < -0.3 is 0 Å². The lowest BCUT2D eigenvalue weighted by atomic mass is 11.3. The summed E-state index contributed by atoms with van der Waals surface area (Å²) in [4.78, 5) is 0. The second-order valence-electron chi connectivity index (χ2n) is 1.42. The lowest BCUT2D eigenvalue weighted by Gasteiger charge is -2.08. The first kappa shape index (κ1) is 9.45. The molecule has 0 aliphatic rings. The quantitative estimate of drug-likeness (QED) is 0.471. The lowest BCUT2D eigenvalue weighted by molar-refractivity contribution is -0.0311. The monoisotopic (exact) mass is 177 g/mol. The smallest absolute Gasteiger partial charge is 0.247 e. The molecule has 0 radical (unpaired) electrons. The minimum absolute atomic E-state index is 0.116. The van der Waals surface area contributed by atoms with Crippen molar-refractivity contribution in [3.8, 4) is 0 Å². The first-order chi connectivity index (χ1) is 3.92. The molecule has 0 N–H and O–H groups in total. The molecule has 9 heavy (non-hydrogen) atoms. The second-order valence-corrected chi connectivity index (χ2v) is 3.87. The van der Waals surface area contributed by atoms with E-state index in [2.05, 4.69) is 0 Å². The van der Waals surface area contributed by atoms with Crippen molar-refractivity contribution in [1.82, 2.24) is 4.31 Å². The molecule has 0 aromatic rings. The minimum Gasteiger partial charge on any atom is -0.247 e. The molecule has 0 rings (SSSR count). The van der Waals surface area contributed by atoms with E-state index in [4.69, 9.17) is 0 Å². The van der Waals surface area contributed by atoms with Gasteiger partial charge in [-0.3, -0.25) is 0 Å². The number of halogens is 3. The zero-order valence-corrected chi connectivity index (χ0v) is 6.53. The van der Waals surface area contributed by atoms with Crippen LogP contribution in [0.5, 0.6) is 0 Å². The van der Waals surface area contributed by atoms with Crippen LogP contribution in [0.4, 0.5) is 13.2 Å². The van der Waals surface area contributed by atoms with E-state index in [1.807, 2.05) is 0 Å². The third-order valence-electron chi connectivity index (χ3n) is 0.281. The summed E-state index contributed by atoms with van der Waals surface area (Å²) < 4.78 is 35.4. The van der Waals surface area contributed by atoms with Gasteiger partial charge in [-0.05, 0) is 25.1 Å². The molecule has 0 aromatic carbocycles. The average molecular weight is 177 g/mol. The molecule has 0 heterocycles. The summed E-state index contributed by atoms with van der Waals surface area (Å²) in [5, 5.41) is 0. The molecule has 56 valence electrons. The Morgan fingerprint density at radius 1 is 1.22 bits per heavy atom.